The first-order chi connectivity index (χ1) is 13.3. The van der Waals surface area contributed by atoms with E-state index in [1.54, 1.807) is 4.57 Å². The number of thioether (sulfide) groups is 1. The van der Waals surface area contributed by atoms with E-state index in [1.807, 2.05) is 29.1 Å². The average molecular weight is 387 g/mol. The fraction of sp³-hybridized carbons (Fsp3) is 0.632. The first-order valence-electron chi connectivity index (χ1n) is 9.96. The number of carbonyl (C=O) groups excluding carboxylic acids is 1. The van der Waals surface area contributed by atoms with Gasteiger partial charge in [0.15, 0.2) is 0 Å². The average Bonchev–Trinajstić information content (AvgIpc) is 3.39. The molecule has 2 fully saturated rings. The summed E-state index contributed by atoms with van der Waals surface area (Å²) in [6.07, 6.45) is 12.5. The van der Waals surface area contributed by atoms with Crippen LogP contribution in [0.3, 0.4) is 0 Å². The molecule has 2 aliphatic rings. The summed E-state index contributed by atoms with van der Waals surface area (Å²) in [5, 5.41) is 12.8. The molecule has 2 aliphatic carbocycles. The summed E-state index contributed by atoms with van der Waals surface area (Å²) in [5.74, 6) is 0.311. The van der Waals surface area contributed by atoms with E-state index in [9.17, 15) is 4.79 Å². The number of nitrogens with zero attached hydrogens (tertiary/aromatic N) is 6. The minimum absolute atomic E-state index is 0.0103. The van der Waals surface area contributed by atoms with Crippen molar-refractivity contribution in [3.8, 4) is 0 Å². The second kappa shape index (κ2) is 8.82. The highest BCUT2D eigenvalue weighted by molar-refractivity contribution is 7.99. The van der Waals surface area contributed by atoms with Crippen LogP contribution in [0.15, 0.2) is 34.5 Å². The van der Waals surface area contributed by atoms with Gasteiger partial charge in [0.25, 0.3) is 0 Å². The number of rotatable bonds is 5. The molecule has 4 rings (SSSR count). The van der Waals surface area contributed by atoms with Crippen molar-refractivity contribution >= 4 is 17.7 Å². The zero-order valence-electron chi connectivity index (χ0n) is 15.5. The lowest BCUT2D eigenvalue weighted by molar-refractivity contribution is 0.0936. The number of pyridine rings is 1. The van der Waals surface area contributed by atoms with Gasteiger partial charge in [-0.1, -0.05) is 49.9 Å². The molecule has 0 amide bonds. The summed E-state index contributed by atoms with van der Waals surface area (Å²) in [7, 11) is 0. The monoisotopic (exact) mass is 386 g/mol. The van der Waals surface area contributed by atoms with Gasteiger partial charge in [0.1, 0.15) is 5.49 Å². The molecule has 0 aromatic carbocycles. The molecule has 0 atom stereocenters. The predicted octanol–water partition coefficient (Wildman–Crippen LogP) is 3.26. The molecule has 0 bridgehead atoms. The summed E-state index contributed by atoms with van der Waals surface area (Å²) in [4.78, 5) is 17.7. The molecular formula is C19H26N6OS. The Kier molecular flexibility index (Phi) is 6.01. The Morgan fingerprint density at radius 1 is 1.11 bits per heavy atom. The van der Waals surface area contributed by atoms with Crippen LogP contribution in [-0.2, 0) is 0 Å². The number of tetrazole rings is 1. The van der Waals surface area contributed by atoms with Gasteiger partial charge < -0.3 is 0 Å². The second-order valence-corrected chi connectivity index (χ2v) is 8.32. The molecule has 2 aromatic heterocycles. The number of hydrogen-bond acceptors (Lipinski definition) is 6. The van der Waals surface area contributed by atoms with E-state index in [4.69, 9.17) is 4.99 Å². The maximum Gasteiger partial charge on any atom is 0.242 e. The third-order valence-corrected chi connectivity index (χ3v) is 6.37. The molecule has 144 valence electrons. The van der Waals surface area contributed by atoms with E-state index in [1.165, 1.54) is 43.9 Å². The van der Waals surface area contributed by atoms with Crippen LogP contribution in [0.1, 0.15) is 68.6 Å². The maximum atomic E-state index is 12.8. The van der Waals surface area contributed by atoms with Crippen molar-refractivity contribution in [3.05, 3.63) is 29.9 Å². The fourth-order valence-corrected chi connectivity index (χ4v) is 4.81. The van der Waals surface area contributed by atoms with Crippen LogP contribution < -0.4 is 5.49 Å². The molecule has 7 nitrogen and oxygen atoms in total. The fourth-order valence-electron chi connectivity index (χ4n) is 4.00. The molecule has 0 aliphatic heterocycles. The topological polar surface area (TPSA) is 78.0 Å². The van der Waals surface area contributed by atoms with Crippen LogP contribution in [0.5, 0.6) is 0 Å². The van der Waals surface area contributed by atoms with Crippen molar-refractivity contribution in [2.45, 2.75) is 75.0 Å². The molecule has 0 N–H and O–H groups in total. The highest BCUT2D eigenvalue weighted by Crippen LogP contribution is 2.31. The molecule has 2 heterocycles. The predicted molar refractivity (Wildman–Crippen MR) is 104 cm³/mol. The van der Waals surface area contributed by atoms with Crippen LogP contribution in [0.25, 0.3) is 0 Å². The van der Waals surface area contributed by atoms with E-state index in [0.29, 0.717) is 17.8 Å². The Labute approximate surface area is 163 Å². The van der Waals surface area contributed by atoms with E-state index in [2.05, 4.69) is 15.5 Å². The van der Waals surface area contributed by atoms with Gasteiger partial charge in [-0.2, -0.15) is 0 Å². The quantitative estimate of drug-likeness (QED) is 0.737. The van der Waals surface area contributed by atoms with E-state index in [-0.39, 0.29) is 5.91 Å². The van der Waals surface area contributed by atoms with Crippen LogP contribution in [-0.4, -0.2) is 42.5 Å². The lowest BCUT2D eigenvalue weighted by Crippen LogP contribution is -2.30. The molecular weight excluding hydrogens is 360 g/mol. The van der Waals surface area contributed by atoms with Gasteiger partial charge in [0.05, 0.1) is 17.8 Å². The van der Waals surface area contributed by atoms with E-state index >= 15 is 0 Å². The smallest absolute Gasteiger partial charge is 0.242 e. The van der Waals surface area contributed by atoms with Crippen molar-refractivity contribution in [2.24, 2.45) is 4.99 Å². The van der Waals surface area contributed by atoms with Crippen LogP contribution >= 0.6 is 11.8 Å². The Balaban J connectivity index is 1.46. The number of aromatic nitrogens is 5. The maximum absolute atomic E-state index is 12.8. The molecule has 27 heavy (non-hydrogen) atoms. The van der Waals surface area contributed by atoms with Crippen LogP contribution in [0.2, 0.25) is 0 Å². The molecule has 0 unspecified atom stereocenters. The molecule has 0 spiro atoms. The van der Waals surface area contributed by atoms with Gasteiger partial charge in [0.2, 0.25) is 11.1 Å². The van der Waals surface area contributed by atoms with Crippen molar-refractivity contribution in [1.29, 1.82) is 0 Å². The highest BCUT2D eigenvalue weighted by Gasteiger charge is 2.22. The summed E-state index contributed by atoms with van der Waals surface area (Å²) in [6, 6.07) is 6.46. The normalized spacial score (nSPS) is 19.6. The lowest BCUT2D eigenvalue weighted by Gasteiger charge is -2.17. The van der Waals surface area contributed by atoms with Crippen molar-refractivity contribution in [3.63, 3.8) is 0 Å². The van der Waals surface area contributed by atoms with Gasteiger partial charge >= 0.3 is 0 Å². The summed E-state index contributed by atoms with van der Waals surface area (Å²) in [5.41, 5.74) is 0.755. The zero-order chi connectivity index (χ0) is 18.5. The van der Waals surface area contributed by atoms with Crippen molar-refractivity contribution < 1.29 is 4.79 Å². The van der Waals surface area contributed by atoms with Gasteiger partial charge in [-0.25, -0.2) is 4.68 Å². The summed E-state index contributed by atoms with van der Waals surface area (Å²) < 4.78 is 3.57. The largest absolute Gasteiger partial charge is 0.273 e. The number of carbonyl (C=O) groups is 1. The SMILES string of the molecule is O=C(CSc1nnnn1C1CCCC1)n1ccccc1=NC1CCCCC1. The van der Waals surface area contributed by atoms with E-state index in [0.717, 1.165) is 36.3 Å². The Hall–Kier alpha value is -1.96. The molecule has 2 aromatic rings. The zero-order valence-corrected chi connectivity index (χ0v) is 16.4. The van der Waals surface area contributed by atoms with Crippen LogP contribution in [0.4, 0.5) is 0 Å². The van der Waals surface area contributed by atoms with Gasteiger partial charge in [-0.3, -0.25) is 14.4 Å². The molecule has 0 radical (unpaired) electrons. The van der Waals surface area contributed by atoms with Gasteiger partial charge in [-0.05, 0) is 48.2 Å². The lowest BCUT2D eigenvalue weighted by atomic mass is 9.96. The minimum Gasteiger partial charge on any atom is -0.273 e. The first kappa shape index (κ1) is 18.4. The van der Waals surface area contributed by atoms with Gasteiger partial charge in [0, 0.05) is 6.20 Å². The van der Waals surface area contributed by atoms with Gasteiger partial charge in [-0.15, -0.1) is 5.10 Å². The van der Waals surface area contributed by atoms with Crippen molar-refractivity contribution in [1.82, 2.24) is 24.8 Å². The second-order valence-electron chi connectivity index (χ2n) is 7.38. The van der Waals surface area contributed by atoms with Crippen LogP contribution in [0, 0.1) is 0 Å². The first-order valence-corrected chi connectivity index (χ1v) is 11.0. The summed E-state index contributed by atoms with van der Waals surface area (Å²) >= 11 is 1.41. The molecule has 2 saturated carbocycles. The molecule has 0 saturated heterocycles. The Bertz CT molecular complexity index is 832. The van der Waals surface area contributed by atoms with Crippen molar-refractivity contribution in [2.75, 3.05) is 5.75 Å². The highest BCUT2D eigenvalue weighted by atomic mass is 32.2. The Morgan fingerprint density at radius 2 is 1.89 bits per heavy atom. The Morgan fingerprint density at radius 3 is 2.70 bits per heavy atom. The minimum atomic E-state index is 0.0103. The number of hydrogen-bond donors (Lipinski definition) is 0. The standard InChI is InChI=1S/C19H26N6OS/c26-18(14-27-19-21-22-23-25(19)16-10-4-5-11-16)24-13-7-6-12-17(24)20-15-8-2-1-3-9-15/h6-7,12-13,15-16H,1-5,8-11,14H2. The summed E-state index contributed by atoms with van der Waals surface area (Å²) in [6.45, 7) is 0. The van der Waals surface area contributed by atoms with E-state index < -0.39 is 0 Å². The third-order valence-electron chi connectivity index (χ3n) is 5.45. The third kappa shape index (κ3) is 4.48. The molecule has 8 heteroatoms.